The Balaban J connectivity index is 2.08. The van der Waals surface area contributed by atoms with Gasteiger partial charge < -0.3 is 10.1 Å². The zero-order valence-electron chi connectivity index (χ0n) is 8.15. The minimum Gasteiger partial charge on any atom is -0.365 e. The Hall–Kier alpha value is -1.15. The summed E-state index contributed by atoms with van der Waals surface area (Å²) in [5.74, 6) is 0. The third-order valence-corrected chi connectivity index (χ3v) is 2.65. The van der Waals surface area contributed by atoms with Crippen molar-refractivity contribution in [1.29, 1.82) is 5.41 Å². The maximum Gasteiger partial charge on any atom is 0.0927 e. The molecule has 1 fully saturated rings. The van der Waals surface area contributed by atoms with E-state index in [1.54, 1.807) is 0 Å². The highest BCUT2D eigenvalue weighted by atomic mass is 16.5. The van der Waals surface area contributed by atoms with Gasteiger partial charge in [0.05, 0.1) is 12.2 Å². The molecule has 1 aliphatic heterocycles. The first-order valence-corrected chi connectivity index (χ1v) is 5.11. The van der Waals surface area contributed by atoms with Gasteiger partial charge in [-0.3, -0.25) is 0 Å². The van der Waals surface area contributed by atoms with Crippen molar-refractivity contribution in [2.24, 2.45) is 0 Å². The molecule has 1 heterocycles. The van der Waals surface area contributed by atoms with Crippen molar-refractivity contribution in [2.75, 3.05) is 0 Å². The highest BCUT2D eigenvalue weighted by molar-refractivity contribution is 5.59. The van der Waals surface area contributed by atoms with Gasteiger partial charge in [0.2, 0.25) is 0 Å². The normalized spacial score (nSPS) is 27.1. The Labute approximate surface area is 84.4 Å². The van der Waals surface area contributed by atoms with E-state index in [0.29, 0.717) is 0 Å². The molecule has 2 nitrogen and oxygen atoms in total. The molecule has 0 aromatic heterocycles. The minimum absolute atomic E-state index is 0.0222. The van der Waals surface area contributed by atoms with Crippen LogP contribution in [0.4, 0.5) is 0 Å². The zero-order chi connectivity index (χ0) is 9.80. The Morgan fingerprint density at radius 2 is 2.00 bits per heavy atom. The van der Waals surface area contributed by atoms with Gasteiger partial charge in [0.15, 0.2) is 0 Å². The lowest BCUT2D eigenvalue weighted by Gasteiger charge is -2.27. The highest BCUT2D eigenvalue weighted by Gasteiger charge is 2.21. The summed E-state index contributed by atoms with van der Waals surface area (Å²) >= 11 is 0. The van der Waals surface area contributed by atoms with Crippen LogP contribution in [0.3, 0.4) is 0 Å². The van der Waals surface area contributed by atoms with Crippen LogP contribution in [0.2, 0.25) is 0 Å². The summed E-state index contributed by atoms with van der Waals surface area (Å²) in [6.45, 7) is 0. The molecule has 0 bridgehead atoms. The largest absolute Gasteiger partial charge is 0.365 e. The molecule has 0 spiro atoms. The SMILES string of the molecule is N=C[C@H]1CCC[C@@H](c2ccccc2)O1. The van der Waals surface area contributed by atoms with E-state index in [1.807, 2.05) is 18.2 Å². The zero-order valence-corrected chi connectivity index (χ0v) is 8.15. The van der Waals surface area contributed by atoms with Crippen LogP contribution in [-0.2, 0) is 4.74 Å². The first-order valence-electron chi connectivity index (χ1n) is 5.11. The maximum atomic E-state index is 7.20. The second-order valence-electron chi connectivity index (χ2n) is 3.67. The molecule has 1 saturated heterocycles. The summed E-state index contributed by atoms with van der Waals surface area (Å²) in [5, 5.41) is 7.20. The number of ether oxygens (including phenoxy) is 1. The average molecular weight is 189 g/mol. The van der Waals surface area contributed by atoms with E-state index in [0.717, 1.165) is 19.3 Å². The fourth-order valence-electron chi connectivity index (χ4n) is 1.89. The Morgan fingerprint density at radius 3 is 2.71 bits per heavy atom. The van der Waals surface area contributed by atoms with Gasteiger partial charge in [0, 0.05) is 6.21 Å². The minimum atomic E-state index is 0.0222. The highest BCUT2D eigenvalue weighted by Crippen LogP contribution is 2.30. The van der Waals surface area contributed by atoms with E-state index in [1.165, 1.54) is 11.8 Å². The van der Waals surface area contributed by atoms with Crippen LogP contribution in [0.25, 0.3) is 0 Å². The second-order valence-corrected chi connectivity index (χ2v) is 3.67. The summed E-state index contributed by atoms with van der Waals surface area (Å²) in [5.41, 5.74) is 1.24. The summed E-state index contributed by atoms with van der Waals surface area (Å²) < 4.78 is 5.78. The van der Waals surface area contributed by atoms with Crippen molar-refractivity contribution < 1.29 is 4.74 Å². The smallest absolute Gasteiger partial charge is 0.0927 e. The van der Waals surface area contributed by atoms with E-state index in [9.17, 15) is 0 Å². The van der Waals surface area contributed by atoms with Crippen LogP contribution < -0.4 is 0 Å². The average Bonchev–Trinajstić information content (AvgIpc) is 2.30. The number of rotatable bonds is 2. The van der Waals surface area contributed by atoms with Crippen molar-refractivity contribution in [3.8, 4) is 0 Å². The summed E-state index contributed by atoms with van der Waals surface area (Å²) in [6, 6.07) is 10.3. The van der Waals surface area contributed by atoms with Crippen molar-refractivity contribution in [1.82, 2.24) is 0 Å². The van der Waals surface area contributed by atoms with Gasteiger partial charge >= 0.3 is 0 Å². The molecule has 74 valence electrons. The standard InChI is InChI=1S/C12H15NO/c13-9-11-7-4-8-12(14-11)10-5-2-1-3-6-10/h1-3,5-6,9,11-13H,4,7-8H2/t11-,12+/m1/s1. The van der Waals surface area contributed by atoms with Gasteiger partial charge in [0.25, 0.3) is 0 Å². The first kappa shape index (κ1) is 9.41. The maximum absolute atomic E-state index is 7.20. The molecule has 0 unspecified atom stereocenters. The van der Waals surface area contributed by atoms with E-state index in [4.69, 9.17) is 10.1 Å². The van der Waals surface area contributed by atoms with Crippen molar-refractivity contribution >= 4 is 6.21 Å². The van der Waals surface area contributed by atoms with Gasteiger partial charge in [-0.05, 0) is 24.8 Å². The third kappa shape index (κ3) is 2.02. The van der Waals surface area contributed by atoms with E-state index >= 15 is 0 Å². The third-order valence-electron chi connectivity index (χ3n) is 2.65. The second kappa shape index (κ2) is 4.38. The first-order chi connectivity index (χ1) is 6.90. The van der Waals surface area contributed by atoms with Crippen molar-refractivity contribution in [3.63, 3.8) is 0 Å². The van der Waals surface area contributed by atoms with Gasteiger partial charge in [-0.2, -0.15) is 0 Å². The summed E-state index contributed by atoms with van der Waals surface area (Å²) in [7, 11) is 0. The van der Waals surface area contributed by atoms with Crippen LogP contribution in [0.1, 0.15) is 30.9 Å². The van der Waals surface area contributed by atoms with Gasteiger partial charge in [-0.1, -0.05) is 30.3 Å². The Kier molecular flexibility index (Phi) is 2.94. The topological polar surface area (TPSA) is 33.1 Å². The van der Waals surface area contributed by atoms with Crippen LogP contribution in [0, 0.1) is 5.41 Å². The van der Waals surface area contributed by atoms with E-state index < -0.39 is 0 Å². The molecule has 1 N–H and O–H groups in total. The van der Waals surface area contributed by atoms with Crippen LogP contribution in [-0.4, -0.2) is 12.3 Å². The van der Waals surface area contributed by atoms with Crippen LogP contribution in [0.15, 0.2) is 30.3 Å². The fraction of sp³-hybridized carbons (Fsp3) is 0.417. The molecule has 1 aromatic rings. The number of hydrogen-bond acceptors (Lipinski definition) is 2. The molecule has 0 aliphatic carbocycles. The van der Waals surface area contributed by atoms with Crippen LogP contribution in [0.5, 0.6) is 0 Å². The predicted molar refractivity (Wildman–Crippen MR) is 56.7 cm³/mol. The predicted octanol–water partition coefficient (Wildman–Crippen LogP) is 2.95. The monoisotopic (exact) mass is 189 g/mol. The number of nitrogens with one attached hydrogen (secondary N) is 1. The van der Waals surface area contributed by atoms with Crippen LogP contribution >= 0.6 is 0 Å². The van der Waals surface area contributed by atoms with Gasteiger partial charge in [-0.25, -0.2) is 0 Å². The van der Waals surface area contributed by atoms with Gasteiger partial charge in [-0.15, -0.1) is 0 Å². The lowest BCUT2D eigenvalue weighted by molar-refractivity contribution is -0.0147. The quantitative estimate of drug-likeness (QED) is 0.713. The van der Waals surface area contributed by atoms with Crippen molar-refractivity contribution in [2.45, 2.75) is 31.5 Å². The molecular formula is C12H15NO. The number of benzene rings is 1. The molecule has 2 rings (SSSR count). The van der Waals surface area contributed by atoms with Crippen molar-refractivity contribution in [3.05, 3.63) is 35.9 Å². The molecule has 2 atom stereocenters. The number of hydrogen-bond donors (Lipinski definition) is 1. The summed E-state index contributed by atoms with van der Waals surface area (Å²) in [4.78, 5) is 0. The molecule has 0 amide bonds. The molecule has 1 aliphatic rings. The molecule has 0 radical (unpaired) electrons. The lowest BCUT2D eigenvalue weighted by atomic mass is 9.99. The molecule has 1 aromatic carbocycles. The molecular weight excluding hydrogens is 174 g/mol. The van der Waals surface area contributed by atoms with Gasteiger partial charge in [0.1, 0.15) is 0 Å². The fourth-order valence-corrected chi connectivity index (χ4v) is 1.89. The molecule has 14 heavy (non-hydrogen) atoms. The molecule has 2 heteroatoms. The van der Waals surface area contributed by atoms with E-state index in [2.05, 4.69) is 12.1 Å². The Morgan fingerprint density at radius 1 is 1.21 bits per heavy atom. The summed E-state index contributed by atoms with van der Waals surface area (Å²) in [6.07, 6.45) is 4.85. The lowest BCUT2D eigenvalue weighted by Crippen LogP contribution is -2.23. The molecule has 0 saturated carbocycles. The Bertz CT molecular complexity index is 296. The van der Waals surface area contributed by atoms with E-state index in [-0.39, 0.29) is 12.2 Å².